The smallest absolute Gasteiger partial charge is 0.387 e. The van der Waals surface area contributed by atoms with E-state index < -0.39 is 6.61 Å². The van der Waals surface area contributed by atoms with Crippen molar-refractivity contribution in [2.45, 2.75) is 26.5 Å². The lowest BCUT2D eigenvalue weighted by atomic mass is 10.1. The second kappa shape index (κ2) is 10.6. The third kappa shape index (κ3) is 6.68. The second-order valence-corrected chi connectivity index (χ2v) is 5.15. The van der Waals surface area contributed by atoms with Crippen molar-refractivity contribution in [1.82, 2.24) is 5.32 Å². The number of benzene rings is 2. The van der Waals surface area contributed by atoms with Crippen LogP contribution in [0.2, 0.25) is 0 Å². The minimum absolute atomic E-state index is 0. The number of anilines is 1. The Morgan fingerprint density at radius 3 is 2.40 bits per heavy atom. The molecule has 2 rings (SSSR count). The summed E-state index contributed by atoms with van der Waals surface area (Å²) in [6.45, 7) is 0.537. The molecule has 0 aliphatic rings. The van der Waals surface area contributed by atoms with Gasteiger partial charge in [-0.2, -0.15) is 8.78 Å². The summed E-state index contributed by atoms with van der Waals surface area (Å²) in [6.07, 6.45) is -0.0432. The molecule has 0 heterocycles. The summed E-state index contributed by atoms with van der Waals surface area (Å²) < 4.78 is 29.3. The van der Waals surface area contributed by atoms with Crippen molar-refractivity contribution in [1.29, 1.82) is 0 Å². The highest BCUT2D eigenvalue weighted by atomic mass is 35.5. The Labute approximate surface area is 152 Å². The van der Waals surface area contributed by atoms with Crippen LogP contribution in [0.3, 0.4) is 0 Å². The van der Waals surface area contributed by atoms with Crippen molar-refractivity contribution in [3.63, 3.8) is 0 Å². The summed E-state index contributed by atoms with van der Waals surface area (Å²) in [5.41, 5.74) is 2.08. The van der Waals surface area contributed by atoms with Crippen LogP contribution in [0.4, 0.5) is 14.5 Å². The Bertz CT molecular complexity index is 684. The van der Waals surface area contributed by atoms with Crippen LogP contribution in [0.25, 0.3) is 0 Å². The summed E-state index contributed by atoms with van der Waals surface area (Å²) in [4.78, 5) is 12.3. The van der Waals surface area contributed by atoms with Crippen LogP contribution in [0.1, 0.15) is 18.1 Å². The number of ether oxygens (including phenoxy) is 1. The van der Waals surface area contributed by atoms with Crippen molar-refractivity contribution in [2.75, 3.05) is 11.9 Å². The predicted octanol–water partition coefficient (Wildman–Crippen LogP) is 4.00. The molecular formula is C18H21ClF2N2O2. The number of para-hydroxylation sites is 2. The molecule has 0 aliphatic carbocycles. The highest BCUT2D eigenvalue weighted by Gasteiger charge is 2.13. The molecule has 0 fully saturated rings. The van der Waals surface area contributed by atoms with Crippen molar-refractivity contribution in [2.24, 2.45) is 0 Å². The Balaban J connectivity index is 0.00000312. The van der Waals surface area contributed by atoms with E-state index in [1.807, 2.05) is 31.2 Å². The Kier molecular flexibility index (Phi) is 8.88. The fourth-order valence-corrected chi connectivity index (χ4v) is 2.28. The van der Waals surface area contributed by atoms with Gasteiger partial charge in [0.2, 0.25) is 5.91 Å². The fourth-order valence-electron chi connectivity index (χ4n) is 2.28. The molecule has 0 saturated carbocycles. The van der Waals surface area contributed by atoms with Crippen LogP contribution >= 0.6 is 12.4 Å². The van der Waals surface area contributed by atoms with Gasteiger partial charge in [0, 0.05) is 17.8 Å². The molecule has 0 atom stereocenters. The Hall–Kier alpha value is -2.18. The van der Waals surface area contributed by atoms with Gasteiger partial charge in [-0.1, -0.05) is 43.3 Å². The number of rotatable bonds is 8. The summed E-state index contributed by atoms with van der Waals surface area (Å²) in [5.74, 6) is -0.271. The quantitative estimate of drug-likeness (QED) is 0.738. The molecular weight excluding hydrogens is 350 g/mol. The fraction of sp³-hybridized carbons (Fsp3) is 0.278. The number of halogens is 3. The summed E-state index contributed by atoms with van der Waals surface area (Å²) >= 11 is 0. The van der Waals surface area contributed by atoms with Gasteiger partial charge in [-0.25, -0.2) is 0 Å². The van der Waals surface area contributed by atoms with E-state index >= 15 is 0 Å². The first-order valence-electron chi connectivity index (χ1n) is 7.71. The van der Waals surface area contributed by atoms with E-state index in [4.69, 9.17) is 0 Å². The van der Waals surface area contributed by atoms with Gasteiger partial charge in [-0.15, -0.1) is 12.4 Å². The van der Waals surface area contributed by atoms with Crippen molar-refractivity contribution >= 4 is 24.0 Å². The molecule has 4 nitrogen and oxygen atoms in total. The maximum absolute atomic E-state index is 12.4. The molecule has 0 spiro atoms. The molecule has 136 valence electrons. The molecule has 0 aromatic heterocycles. The van der Waals surface area contributed by atoms with Gasteiger partial charge in [0.05, 0.1) is 6.42 Å². The van der Waals surface area contributed by atoms with E-state index in [0.717, 1.165) is 12.1 Å². The van der Waals surface area contributed by atoms with Crippen LogP contribution in [0, 0.1) is 0 Å². The highest BCUT2D eigenvalue weighted by Crippen LogP contribution is 2.22. The lowest BCUT2D eigenvalue weighted by Gasteiger charge is -2.13. The van der Waals surface area contributed by atoms with Crippen LogP contribution in [0.5, 0.6) is 5.75 Å². The van der Waals surface area contributed by atoms with E-state index in [9.17, 15) is 13.6 Å². The molecule has 0 unspecified atom stereocenters. The number of carbonyl (C=O) groups excluding carboxylic acids is 1. The number of nitrogens with one attached hydrogen (secondary N) is 2. The Morgan fingerprint density at radius 1 is 1.08 bits per heavy atom. The summed E-state index contributed by atoms with van der Waals surface area (Å²) in [7, 11) is 0. The van der Waals surface area contributed by atoms with Gasteiger partial charge >= 0.3 is 6.61 Å². The molecule has 0 aliphatic heterocycles. The SMILES string of the molecule is CCNCc1ccccc1NC(=O)Cc1ccccc1OC(F)F.Cl. The standard InChI is InChI=1S/C18H20F2N2O2.ClH/c1-2-21-12-14-8-3-5-9-15(14)22-17(23)11-13-7-4-6-10-16(13)24-18(19)20;/h3-10,18,21H,2,11-12H2,1H3,(H,22,23);1H. The molecule has 0 radical (unpaired) electrons. The molecule has 0 bridgehead atoms. The number of alkyl halides is 2. The Morgan fingerprint density at radius 2 is 1.72 bits per heavy atom. The summed E-state index contributed by atoms with van der Waals surface area (Å²) in [6, 6.07) is 13.8. The topological polar surface area (TPSA) is 50.4 Å². The van der Waals surface area contributed by atoms with Crippen molar-refractivity contribution < 1.29 is 18.3 Å². The van der Waals surface area contributed by atoms with Gasteiger partial charge in [-0.3, -0.25) is 4.79 Å². The zero-order valence-electron chi connectivity index (χ0n) is 13.8. The molecule has 25 heavy (non-hydrogen) atoms. The largest absolute Gasteiger partial charge is 0.435 e. The van der Waals surface area contributed by atoms with E-state index in [-0.39, 0.29) is 30.5 Å². The lowest BCUT2D eigenvalue weighted by Crippen LogP contribution is -2.19. The number of carbonyl (C=O) groups is 1. The third-order valence-electron chi connectivity index (χ3n) is 3.40. The normalized spacial score (nSPS) is 10.2. The van der Waals surface area contributed by atoms with Gasteiger partial charge in [0.15, 0.2) is 0 Å². The average Bonchev–Trinajstić information content (AvgIpc) is 2.55. The van der Waals surface area contributed by atoms with Gasteiger partial charge < -0.3 is 15.4 Å². The number of amides is 1. The van der Waals surface area contributed by atoms with Crippen molar-refractivity contribution in [3.05, 3.63) is 59.7 Å². The minimum atomic E-state index is -2.92. The van der Waals surface area contributed by atoms with E-state index in [0.29, 0.717) is 17.8 Å². The average molecular weight is 371 g/mol. The zero-order chi connectivity index (χ0) is 17.4. The first kappa shape index (κ1) is 20.9. The zero-order valence-corrected chi connectivity index (χ0v) is 14.6. The van der Waals surface area contributed by atoms with Crippen LogP contribution in [-0.2, 0) is 17.8 Å². The second-order valence-electron chi connectivity index (χ2n) is 5.15. The predicted molar refractivity (Wildman–Crippen MR) is 96.5 cm³/mol. The first-order valence-corrected chi connectivity index (χ1v) is 7.71. The minimum Gasteiger partial charge on any atom is -0.435 e. The number of hydrogen-bond acceptors (Lipinski definition) is 3. The molecule has 1 amide bonds. The number of hydrogen-bond donors (Lipinski definition) is 2. The van der Waals surface area contributed by atoms with Gasteiger partial charge in [0.1, 0.15) is 5.75 Å². The maximum atomic E-state index is 12.4. The van der Waals surface area contributed by atoms with E-state index in [1.165, 1.54) is 6.07 Å². The molecule has 2 aromatic carbocycles. The lowest BCUT2D eigenvalue weighted by molar-refractivity contribution is -0.115. The summed E-state index contributed by atoms with van der Waals surface area (Å²) in [5, 5.41) is 6.03. The van der Waals surface area contributed by atoms with Gasteiger partial charge in [-0.05, 0) is 24.2 Å². The van der Waals surface area contributed by atoms with Crippen LogP contribution < -0.4 is 15.4 Å². The van der Waals surface area contributed by atoms with Crippen molar-refractivity contribution in [3.8, 4) is 5.75 Å². The monoisotopic (exact) mass is 370 g/mol. The highest BCUT2D eigenvalue weighted by molar-refractivity contribution is 5.93. The molecule has 0 saturated heterocycles. The third-order valence-corrected chi connectivity index (χ3v) is 3.40. The van der Waals surface area contributed by atoms with Gasteiger partial charge in [0.25, 0.3) is 0 Å². The molecule has 2 N–H and O–H groups in total. The molecule has 7 heteroatoms. The van der Waals surface area contributed by atoms with Crippen LogP contribution in [0.15, 0.2) is 48.5 Å². The van der Waals surface area contributed by atoms with E-state index in [2.05, 4.69) is 15.4 Å². The maximum Gasteiger partial charge on any atom is 0.387 e. The first-order chi connectivity index (χ1) is 11.6. The van der Waals surface area contributed by atoms with E-state index in [1.54, 1.807) is 18.2 Å². The molecule has 2 aromatic rings. The van der Waals surface area contributed by atoms with Crippen LogP contribution in [-0.4, -0.2) is 19.1 Å².